The van der Waals surface area contributed by atoms with Crippen molar-refractivity contribution in [3.63, 3.8) is 0 Å². The Hall–Kier alpha value is -2.18. The Balaban J connectivity index is 1.91. The fraction of sp³-hybridized carbons (Fsp3) is 0.176. The summed E-state index contributed by atoms with van der Waals surface area (Å²) in [5.74, 6) is -3.64. The Kier molecular flexibility index (Phi) is 6.33. The molecule has 0 radical (unpaired) electrons. The van der Waals surface area contributed by atoms with Crippen LogP contribution in [-0.4, -0.2) is 30.4 Å². The maximum Gasteiger partial charge on any atom is 0.338 e. The molecule has 0 saturated carbocycles. The molecule has 0 N–H and O–H groups in total. The molecule has 0 spiro atoms. The molecule has 0 heterocycles. The van der Waals surface area contributed by atoms with Crippen LogP contribution in [0.15, 0.2) is 36.4 Å². The molecule has 0 saturated heterocycles. The summed E-state index contributed by atoms with van der Waals surface area (Å²) in [6.45, 7) is -0.298. The summed E-state index contributed by atoms with van der Waals surface area (Å²) in [7, 11) is 1.52. The van der Waals surface area contributed by atoms with E-state index in [-0.39, 0.29) is 12.1 Å². The van der Waals surface area contributed by atoms with Gasteiger partial charge in [-0.05, 0) is 35.9 Å². The molecule has 1 amide bonds. The maximum atomic E-state index is 13.1. The number of hydrogen-bond donors (Lipinski definition) is 0. The average Bonchev–Trinajstić information content (AvgIpc) is 2.58. The number of likely N-dealkylation sites (N-methyl/N-ethyl adjacent to an activating group) is 1. The summed E-state index contributed by atoms with van der Waals surface area (Å²) in [5, 5.41) is 0.768. The minimum Gasteiger partial charge on any atom is -0.452 e. The van der Waals surface area contributed by atoms with Gasteiger partial charge in [0.05, 0.1) is 15.6 Å². The molecule has 0 fully saturated rings. The van der Waals surface area contributed by atoms with Crippen LogP contribution in [-0.2, 0) is 16.1 Å². The maximum absolute atomic E-state index is 13.1. The van der Waals surface area contributed by atoms with Gasteiger partial charge in [0.25, 0.3) is 5.91 Å². The van der Waals surface area contributed by atoms with Gasteiger partial charge in [0.2, 0.25) is 0 Å². The SMILES string of the molecule is CN(Cc1ccc(Cl)c(Cl)c1)C(=O)COC(=O)c1ccc(F)c(F)c1. The Labute approximate surface area is 152 Å². The smallest absolute Gasteiger partial charge is 0.338 e. The van der Waals surface area contributed by atoms with Crippen LogP contribution in [0, 0.1) is 11.6 Å². The molecular weight excluding hydrogens is 375 g/mol. The molecule has 0 aliphatic heterocycles. The summed E-state index contributed by atoms with van der Waals surface area (Å²) in [4.78, 5) is 25.1. The zero-order valence-electron chi connectivity index (χ0n) is 13.1. The number of carbonyl (C=O) groups excluding carboxylic acids is 2. The van der Waals surface area contributed by atoms with E-state index in [1.807, 2.05) is 0 Å². The van der Waals surface area contributed by atoms with Crippen molar-refractivity contribution in [2.24, 2.45) is 0 Å². The fourth-order valence-corrected chi connectivity index (χ4v) is 2.26. The number of nitrogens with zero attached hydrogens (tertiary/aromatic N) is 1. The van der Waals surface area contributed by atoms with Crippen molar-refractivity contribution in [2.45, 2.75) is 6.54 Å². The van der Waals surface area contributed by atoms with Crippen LogP contribution in [0.1, 0.15) is 15.9 Å². The van der Waals surface area contributed by atoms with E-state index in [2.05, 4.69) is 0 Å². The summed E-state index contributed by atoms with van der Waals surface area (Å²) >= 11 is 11.7. The largest absolute Gasteiger partial charge is 0.452 e. The first kappa shape index (κ1) is 19.1. The van der Waals surface area contributed by atoms with Crippen molar-refractivity contribution in [3.05, 3.63) is 69.2 Å². The third kappa shape index (κ3) is 5.14. The zero-order chi connectivity index (χ0) is 18.6. The molecule has 132 valence electrons. The third-order valence-corrected chi connectivity index (χ3v) is 4.05. The summed E-state index contributed by atoms with van der Waals surface area (Å²) in [5.41, 5.74) is 0.566. The van der Waals surface area contributed by atoms with E-state index in [1.165, 1.54) is 11.9 Å². The number of ether oxygens (including phenoxy) is 1. The number of esters is 1. The molecule has 4 nitrogen and oxygen atoms in total. The van der Waals surface area contributed by atoms with E-state index < -0.39 is 30.1 Å². The molecule has 2 aromatic carbocycles. The quantitative estimate of drug-likeness (QED) is 0.725. The number of carbonyl (C=O) groups is 2. The molecule has 0 aliphatic rings. The summed E-state index contributed by atoms with van der Waals surface area (Å²) in [6, 6.07) is 7.54. The minimum atomic E-state index is -1.17. The van der Waals surface area contributed by atoms with Crippen molar-refractivity contribution in [2.75, 3.05) is 13.7 Å². The summed E-state index contributed by atoms with van der Waals surface area (Å²) in [6.07, 6.45) is 0. The molecule has 0 unspecified atom stereocenters. The highest BCUT2D eigenvalue weighted by Crippen LogP contribution is 2.23. The van der Waals surface area contributed by atoms with E-state index in [0.29, 0.717) is 16.1 Å². The van der Waals surface area contributed by atoms with Crippen LogP contribution in [0.4, 0.5) is 8.78 Å². The predicted octanol–water partition coefficient (Wildman–Crippen LogP) is 4.09. The molecule has 0 aromatic heterocycles. The van der Waals surface area contributed by atoms with E-state index in [0.717, 1.165) is 17.7 Å². The van der Waals surface area contributed by atoms with Gasteiger partial charge in [0, 0.05) is 13.6 Å². The van der Waals surface area contributed by atoms with Crippen LogP contribution in [0.3, 0.4) is 0 Å². The van der Waals surface area contributed by atoms with Gasteiger partial charge in [0.1, 0.15) is 0 Å². The van der Waals surface area contributed by atoms with Crippen LogP contribution >= 0.6 is 23.2 Å². The molecule has 2 aromatic rings. The van der Waals surface area contributed by atoms with Crippen molar-refractivity contribution in [1.29, 1.82) is 0 Å². The fourth-order valence-electron chi connectivity index (χ4n) is 1.94. The van der Waals surface area contributed by atoms with Crippen LogP contribution in [0.5, 0.6) is 0 Å². The lowest BCUT2D eigenvalue weighted by Crippen LogP contribution is -2.30. The zero-order valence-corrected chi connectivity index (χ0v) is 14.6. The van der Waals surface area contributed by atoms with E-state index in [4.69, 9.17) is 27.9 Å². The highest BCUT2D eigenvalue weighted by molar-refractivity contribution is 6.42. The minimum absolute atomic E-state index is 0.182. The first-order valence-electron chi connectivity index (χ1n) is 7.08. The van der Waals surface area contributed by atoms with Gasteiger partial charge in [-0.1, -0.05) is 29.3 Å². The highest BCUT2D eigenvalue weighted by atomic mass is 35.5. The molecule has 0 bridgehead atoms. The van der Waals surface area contributed by atoms with Crippen molar-refractivity contribution >= 4 is 35.1 Å². The van der Waals surface area contributed by atoms with Gasteiger partial charge < -0.3 is 9.64 Å². The van der Waals surface area contributed by atoms with Crippen LogP contribution < -0.4 is 0 Å². The molecule has 25 heavy (non-hydrogen) atoms. The molecular formula is C17H13Cl2F2NO3. The van der Waals surface area contributed by atoms with Gasteiger partial charge in [-0.2, -0.15) is 0 Å². The Morgan fingerprint density at radius 2 is 1.76 bits per heavy atom. The van der Waals surface area contributed by atoms with Crippen molar-refractivity contribution in [1.82, 2.24) is 4.90 Å². The average molecular weight is 388 g/mol. The molecule has 0 aliphatic carbocycles. The van der Waals surface area contributed by atoms with Crippen LogP contribution in [0.25, 0.3) is 0 Å². The lowest BCUT2D eigenvalue weighted by Gasteiger charge is -2.17. The van der Waals surface area contributed by atoms with E-state index >= 15 is 0 Å². The van der Waals surface area contributed by atoms with Crippen molar-refractivity contribution in [3.8, 4) is 0 Å². The number of amides is 1. The molecule has 8 heteroatoms. The standard InChI is InChI=1S/C17H13Cl2F2NO3/c1-22(8-10-2-4-12(18)13(19)6-10)16(23)9-25-17(24)11-3-5-14(20)15(21)7-11/h2-7H,8-9H2,1H3. The van der Waals surface area contributed by atoms with Crippen molar-refractivity contribution < 1.29 is 23.1 Å². The second kappa shape index (κ2) is 8.27. The highest BCUT2D eigenvalue weighted by Gasteiger charge is 2.15. The van der Waals surface area contributed by atoms with E-state index in [1.54, 1.807) is 18.2 Å². The second-order valence-electron chi connectivity index (χ2n) is 5.20. The number of benzene rings is 2. The van der Waals surface area contributed by atoms with Gasteiger partial charge in [-0.3, -0.25) is 4.79 Å². The molecule has 0 atom stereocenters. The first-order valence-corrected chi connectivity index (χ1v) is 7.83. The predicted molar refractivity (Wildman–Crippen MR) is 89.6 cm³/mol. The Morgan fingerprint density at radius 1 is 1.04 bits per heavy atom. The lowest BCUT2D eigenvalue weighted by atomic mass is 10.2. The lowest BCUT2D eigenvalue weighted by molar-refractivity contribution is -0.133. The van der Waals surface area contributed by atoms with Gasteiger partial charge in [-0.25, -0.2) is 13.6 Å². The van der Waals surface area contributed by atoms with Gasteiger partial charge >= 0.3 is 5.97 Å². The van der Waals surface area contributed by atoms with Crippen LogP contribution in [0.2, 0.25) is 10.0 Å². The van der Waals surface area contributed by atoms with Gasteiger partial charge in [-0.15, -0.1) is 0 Å². The summed E-state index contributed by atoms with van der Waals surface area (Å²) < 4.78 is 30.7. The number of halogens is 4. The normalized spacial score (nSPS) is 10.4. The second-order valence-corrected chi connectivity index (χ2v) is 6.02. The molecule has 2 rings (SSSR count). The topological polar surface area (TPSA) is 46.6 Å². The number of rotatable bonds is 5. The number of hydrogen-bond acceptors (Lipinski definition) is 3. The monoisotopic (exact) mass is 387 g/mol. The third-order valence-electron chi connectivity index (χ3n) is 3.31. The van der Waals surface area contributed by atoms with Gasteiger partial charge in [0.15, 0.2) is 18.2 Å². The first-order chi connectivity index (χ1) is 11.8. The van der Waals surface area contributed by atoms with E-state index in [9.17, 15) is 18.4 Å². The Bertz CT molecular complexity index is 814. The Morgan fingerprint density at radius 3 is 2.40 bits per heavy atom.